The van der Waals surface area contributed by atoms with Crippen LogP contribution in [-0.4, -0.2) is 98.7 Å². The molecule has 196 valence electrons. The standard InChI is InChI=1S/C24H34O11/c1-10(25)34-14-7-15-23(9-32-15,35-11(2)26)17-16(28)12-6-13(27)22(5)24(31,20(12,3)8-33-22)19(30)18(29)21(14,17)4/h12-17,19,27-28,30-31H,6-9H2,1-5H3/t12-,13-,14-,15+,16+,17-,19-,20-,21+,22+,23-,24-/m0/s1. The minimum atomic E-state index is -2.25. The lowest BCUT2D eigenvalue weighted by atomic mass is 9.42. The molecule has 0 aromatic heterocycles. The molecule has 0 unspecified atom stereocenters. The van der Waals surface area contributed by atoms with Crippen molar-refractivity contribution in [2.45, 2.75) is 94.8 Å². The number of aliphatic hydroxyl groups is 4. The maximum atomic E-state index is 14.3. The minimum absolute atomic E-state index is 0.00384. The SMILES string of the molecule is CC(=O)O[C@H]1C[C@H]2OC[C@@]2(OC(C)=O)[C@H]2[C@H](O)[C@@H]3C[C@H](O)[C@@]4(C)OC[C@]3(C)[C@@]4(O)[C@@H](O)C(=O)[C@]12C. The number of carbonyl (C=O) groups excluding carboxylic acids is 3. The van der Waals surface area contributed by atoms with Crippen molar-refractivity contribution in [3.8, 4) is 0 Å². The summed E-state index contributed by atoms with van der Waals surface area (Å²) in [6, 6.07) is 0. The van der Waals surface area contributed by atoms with Crippen LogP contribution in [0.25, 0.3) is 0 Å². The molecule has 3 aliphatic carbocycles. The van der Waals surface area contributed by atoms with E-state index in [1.807, 2.05) is 0 Å². The molecular weight excluding hydrogens is 464 g/mol. The van der Waals surface area contributed by atoms with Gasteiger partial charge in [0.05, 0.1) is 30.8 Å². The van der Waals surface area contributed by atoms with E-state index in [0.29, 0.717) is 0 Å². The molecule has 2 heterocycles. The van der Waals surface area contributed by atoms with Crippen molar-refractivity contribution >= 4 is 17.7 Å². The van der Waals surface area contributed by atoms with Gasteiger partial charge in [0, 0.05) is 31.6 Å². The Morgan fingerprint density at radius 3 is 2.23 bits per heavy atom. The number of aliphatic hydroxyl groups excluding tert-OH is 3. The summed E-state index contributed by atoms with van der Waals surface area (Å²) in [5, 5.41) is 46.8. The molecule has 11 heteroatoms. The fraction of sp³-hybridized carbons (Fsp3) is 0.875. The fourth-order valence-corrected chi connectivity index (χ4v) is 8.19. The largest absolute Gasteiger partial charge is 0.461 e. The fourth-order valence-electron chi connectivity index (χ4n) is 8.19. The van der Waals surface area contributed by atoms with Gasteiger partial charge in [0.2, 0.25) is 0 Å². The first-order valence-electron chi connectivity index (χ1n) is 12.0. The Balaban J connectivity index is 1.77. The van der Waals surface area contributed by atoms with Gasteiger partial charge in [0.25, 0.3) is 0 Å². The Morgan fingerprint density at radius 2 is 1.69 bits per heavy atom. The molecule has 2 aliphatic heterocycles. The van der Waals surface area contributed by atoms with E-state index < -0.39 is 87.7 Å². The summed E-state index contributed by atoms with van der Waals surface area (Å²) in [5.41, 5.74) is -8.46. The van der Waals surface area contributed by atoms with E-state index in [1.165, 1.54) is 27.7 Å². The first-order valence-corrected chi connectivity index (χ1v) is 12.0. The van der Waals surface area contributed by atoms with Crippen LogP contribution >= 0.6 is 0 Å². The van der Waals surface area contributed by atoms with E-state index in [9.17, 15) is 34.8 Å². The van der Waals surface area contributed by atoms with Crippen LogP contribution < -0.4 is 0 Å². The number of ether oxygens (including phenoxy) is 4. The maximum Gasteiger partial charge on any atom is 0.303 e. The second kappa shape index (κ2) is 7.23. The number of hydrogen-bond donors (Lipinski definition) is 4. The lowest BCUT2D eigenvalue weighted by Crippen LogP contribution is -2.83. The van der Waals surface area contributed by atoms with Crippen molar-refractivity contribution in [2.24, 2.45) is 22.7 Å². The highest BCUT2D eigenvalue weighted by Gasteiger charge is 2.83. The number of carbonyl (C=O) groups is 3. The van der Waals surface area contributed by atoms with E-state index in [0.717, 1.165) is 0 Å². The molecule has 4 bridgehead atoms. The molecule has 3 saturated carbocycles. The van der Waals surface area contributed by atoms with Gasteiger partial charge in [-0.1, -0.05) is 6.92 Å². The number of ketones is 1. The van der Waals surface area contributed by atoms with Gasteiger partial charge in [-0.05, 0) is 26.2 Å². The maximum absolute atomic E-state index is 14.3. The highest BCUT2D eigenvalue weighted by atomic mass is 16.6. The topological polar surface area (TPSA) is 169 Å². The first kappa shape index (κ1) is 25.0. The zero-order valence-corrected chi connectivity index (χ0v) is 20.5. The molecule has 0 spiro atoms. The van der Waals surface area contributed by atoms with Gasteiger partial charge in [-0.2, -0.15) is 0 Å². The monoisotopic (exact) mass is 498 g/mol. The highest BCUT2D eigenvalue weighted by Crippen LogP contribution is 2.67. The third-order valence-electron chi connectivity index (χ3n) is 10.1. The molecule has 4 N–H and O–H groups in total. The van der Waals surface area contributed by atoms with E-state index in [4.69, 9.17) is 18.9 Å². The number of rotatable bonds is 2. The third-order valence-corrected chi connectivity index (χ3v) is 10.1. The zero-order chi connectivity index (χ0) is 25.9. The summed E-state index contributed by atoms with van der Waals surface area (Å²) in [4.78, 5) is 38.5. The van der Waals surface area contributed by atoms with Crippen LogP contribution in [0, 0.1) is 22.7 Å². The minimum Gasteiger partial charge on any atom is -0.461 e. The average Bonchev–Trinajstić information content (AvgIpc) is 2.91. The summed E-state index contributed by atoms with van der Waals surface area (Å²) >= 11 is 0. The number of hydrogen-bond acceptors (Lipinski definition) is 11. The van der Waals surface area contributed by atoms with Gasteiger partial charge in [0.15, 0.2) is 11.4 Å². The van der Waals surface area contributed by atoms with Crippen LogP contribution in [0.2, 0.25) is 0 Å². The van der Waals surface area contributed by atoms with Crippen LogP contribution in [0.4, 0.5) is 0 Å². The van der Waals surface area contributed by atoms with Crippen LogP contribution in [0.1, 0.15) is 47.5 Å². The van der Waals surface area contributed by atoms with Crippen LogP contribution in [0.5, 0.6) is 0 Å². The molecule has 0 aromatic carbocycles. The normalized spacial score (nSPS) is 56.6. The molecular formula is C24H34O11. The predicted molar refractivity (Wildman–Crippen MR) is 115 cm³/mol. The van der Waals surface area contributed by atoms with Crippen molar-refractivity contribution in [3.63, 3.8) is 0 Å². The molecule has 0 aromatic rings. The molecule has 5 rings (SSSR count). The third kappa shape index (κ3) is 2.64. The van der Waals surface area contributed by atoms with Crippen molar-refractivity contribution in [2.75, 3.05) is 13.2 Å². The zero-order valence-electron chi connectivity index (χ0n) is 20.5. The van der Waals surface area contributed by atoms with Gasteiger partial charge in [-0.15, -0.1) is 0 Å². The summed E-state index contributed by atoms with van der Waals surface area (Å²) in [6.07, 6.45) is -6.69. The number of Topliss-reactive ketones (excluding diaryl/α,β-unsaturated/α-hetero) is 1. The Labute approximate surface area is 202 Å². The second-order valence-corrected chi connectivity index (χ2v) is 11.6. The molecule has 35 heavy (non-hydrogen) atoms. The van der Waals surface area contributed by atoms with Crippen LogP contribution in [0.3, 0.4) is 0 Å². The lowest BCUT2D eigenvalue weighted by Gasteiger charge is -2.67. The quantitative estimate of drug-likeness (QED) is 0.339. The second-order valence-electron chi connectivity index (χ2n) is 11.6. The van der Waals surface area contributed by atoms with Crippen LogP contribution in [0.15, 0.2) is 0 Å². The molecule has 11 nitrogen and oxygen atoms in total. The van der Waals surface area contributed by atoms with Crippen molar-refractivity contribution in [3.05, 3.63) is 0 Å². The Hall–Kier alpha value is -1.63. The average molecular weight is 499 g/mol. The molecule has 5 fully saturated rings. The predicted octanol–water partition coefficient (Wildman–Crippen LogP) is -1.14. The molecule has 5 aliphatic rings. The number of fused-ring (bicyclic) bond motifs is 3. The highest BCUT2D eigenvalue weighted by molar-refractivity contribution is 5.92. The molecule has 0 radical (unpaired) electrons. The Morgan fingerprint density at radius 1 is 1.03 bits per heavy atom. The van der Waals surface area contributed by atoms with Gasteiger partial charge in [-0.25, -0.2) is 0 Å². The van der Waals surface area contributed by atoms with E-state index in [1.54, 1.807) is 6.92 Å². The van der Waals surface area contributed by atoms with E-state index in [-0.39, 0.29) is 26.1 Å². The first-order chi connectivity index (χ1) is 16.1. The summed E-state index contributed by atoms with van der Waals surface area (Å²) in [6.45, 7) is 6.71. The Bertz CT molecular complexity index is 985. The van der Waals surface area contributed by atoms with Gasteiger partial charge >= 0.3 is 11.9 Å². The van der Waals surface area contributed by atoms with Gasteiger partial charge < -0.3 is 39.4 Å². The van der Waals surface area contributed by atoms with Crippen LogP contribution in [-0.2, 0) is 33.3 Å². The Kier molecular flexibility index (Phi) is 5.17. The lowest BCUT2D eigenvalue weighted by molar-refractivity contribution is -0.348. The smallest absolute Gasteiger partial charge is 0.303 e. The van der Waals surface area contributed by atoms with E-state index in [2.05, 4.69) is 0 Å². The molecule has 0 amide bonds. The number of esters is 2. The molecule has 2 saturated heterocycles. The van der Waals surface area contributed by atoms with E-state index >= 15 is 0 Å². The summed E-state index contributed by atoms with van der Waals surface area (Å²) in [7, 11) is 0. The summed E-state index contributed by atoms with van der Waals surface area (Å²) < 4.78 is 22.9. The van der Waals surface area contributed by atoms with Crippen molar-refractivity contribution in [1.82, 2.24) is 0 Å². The van der Waals surface area contributed by atoms with Gasteiger partial charge in [0.1, 0.15) is 29.5 Å². The summed E-state index contributed by atoms with van der Waals surface area (Å²) in [5.74, 6) is -4.24. The molecule has 12 atom stereocenters. The van der Waals surface area contributed by atoms with Crippen molar-refractivity contribution in [1.29, 1.82) is 0 Å². The van der Waals surface area contributed by atoms with Gasteiger partial charge in [-0.3, -0.25) is 14.4 Å². The van der Waals surface area contributed by atoms with Crippen molar-refractivity contribution < 1.29 is 53.8 Å².